The van der Waals surface area contributed by atoms with Crippen molar-refractivity contribution in [3.8, 4) is 5.75 Å². The van der Waals surface area contributed by atoms with Crippen molar-refractivity contribution >= 4 is 25.7 Å². The van der Waals surface area contributed by atoms with Crippen LogP contribution in [0.2, 0.25) is 0 Å². The van der Waals surface area contributed by atoms with Gasteiger partial charge in [0.1, 0.15) is 10.6 Å². The van der Waals surface area contributed by atoms with Crippen molar-refractivity contribution in [2.75, 3.05) is 27.4 Å². The van der Waals surface area contributed by atoms with Gasteiger partial charge in [-0.25, -0.2) is 8.42 Å². The third-order valence-electron chi connectivity index (χ3n) is 2.60. The molecule has 0 aliphatic rings. The predicted octanol–water partition coefficient (Wildman–Crippen LogP) is 1.74. The molecule has 0 aromatic heterocycles. The molecule has 0 saturated heterocycles. The maximum Gasteiger partial charge on any atom is 0.310 e. The fraction of sp³-hybridized carbons (Fsp3) is 0.462. The molecule has 0 spiro atoms. The van der Waals surface area contributed by atoms with Crippen LogP contribution in [0.5, 0.6) is 5.75 Å². The minimum atomic E-state index is -3.95. The molecule has 1 aromatic rings. The summed E-state index contributed by atoms with van der Waals surface area (Å²) in [5, 5.41) is 0. The van der Waals surface area contributed by atoms with E-state index in [1.54, 1.807) is 13.2 Å². The number of benzene rings is 1. The van der Waals surface area contributed by atoms with Crippen molar-refractivity contribution in [2.24, 2.45) is 0 Å². The fourth-order valence-electron chi connectivity index (χ4n) is 1.63. The average Bonchev–Trinajstić information content (AvgIpc) is 2.42. The van der Waals surface area contributed by atoms with Gasteiger partial charge in [0.05, 0.1) is 20.1 Å². The van der Waals surface area contributed by atoms with Gasteiger partial charge in [0.15, 0.2) is 0 Å². The second kappa shape index (κ2) is 8.21. The number of esters is 1. The van der Waals surface area contributed by atoms with E-state index in [9.17, 15) is 13.2 Å². The van der Waals surface area contributed by atoms with Crippen LogP contribution >= 0.6 is 10.7 Å². The Hall–Kier alpha value is -1.31. The van der Waals surface area contributed by atoms with Gasteiger partial charge in [0, 0.05) is 30.8 Å². The number of hydrogen-bond acceptors (Lipinski definition) is 6. The Bertz CT molecular complexity index is 584. The molecule has 0 unspecified atom stereocenters. The number of ether oxygens (including phenoxy) is 3. The number of hydrogen-bond donors (Lipinski definition) is 0. The summed E-state index contributed by atoms with van der Waals surface area (Å²) in [5.74, 6) is -0.323. The summed E-state index contributed by atoms with van der Waals surface area (Å²) in [6.45, 7) is 0.758. The average molecular weight is 337 g/mol. The lowest BCUT2D eigenvalue weighted by Crippen LogP contribution is -2.10. The Morgan fingerprint density at radius 2 is 1.95 bits per heavy atom. The quantitative estimate of drug-likeness (QED) is 0.409. The lowest BCUT2D eigenvalue weighted by atomic mass is 10.1. The molecule has 0 saturated carbocycles. The maximum absolute atomic E-state index is 11.6. The first-order valence-electron chi connectivity index (χ1n) is 6.14. The highest BCUT2D eigenvalue weighted by atomic mass is 35.7. The molecule has 1 aromatic carbocycles. The van der Waals surface area contributed by atoms with Crippen molar-refractivity contribution in [1.82, 2.24) is 0 Å². The van der Waals surface area contributed by atoms with Gasteiger partial charge in [-0.05, 0) is 17.7 Å². The topological polar surface area (TPSA) is 78.9 Å². The smallest absolute Gasteiger partial charge is 0.310 e. The van der Waals surface area contributed by atoms with E-state index < -0.39 is 15.0 Å². The zero-order chi connectivity index (χ0) is 15.9. The molecule has 6 nitrogen and oxygen atoms in total. The Morgan fingerprint density at radius 1 is 1.24 bits per heavy atom. The van der Waals surface area contributed by atoms with Crippen LogP contribution in [0.4, 0.5) is 0 Å². The molecule has 0 bridgehead atoms. The first-order valence-corrected chi connectivity index (χ1v) is 8.45. The van der Waals surface area contributed by atoms with Gasteiger partial charge in [-0.15, -0.1) is 0 Å². The standard InChI is InChI=1S/C13H17ClO6S/c1-18-6-3-7-20-13(15)9-10-4-5-11(19-2)12(8-10)21(14,16)17/h4-5,8H,3,6-7,9H2,1-2H3. The number of carbonyl (C=O) groups is 1. The van der Waals surface area contributed by atoms with Crippen molar-refractivity contribution in [2.45, 2.75) is 17.7 Å². The van der Waals surface area contributed by atoms with Crippen LogP contribution in [0.15, 0.2) is 23.1 Å². The maximum atomic E-state index is 11.6. The van der Waals surface area contributed by atoms with E-state index in [-0.39, 0.29) is 23.7 Å². The van der Waals surface area contributed by atoms with Gasteiger partial charge in [0.2, 0.25) is 0 Å². The highest BCUT2D eigenvalue weighted by molar-refractivity contribution is 8.13. The van der Waals surface area contributed by atoms with E-state index >= 15 is 0 Å². The van der Waals surface area contributed by atoms with Gasteiger partial charge in [-0.1, -0.05) is 6.07 Å². The van der Waals surface area contributed by atoms with Crippen molar-refractivity contribution < 1.29 is 27.4 Å². The Labute approximate surface area is 128 Å². The Morgan fingerprint density at radius 3 is 2.52 bits per heavy atom. The molecule has 0 N–H and O–H groups in total. The number of methoxy groups -OCH3 is 2. The van der Waals surface area contributed by atoms with E-state index in [4.69, 9.17) is 24.9 Å². The van der Waals surface area contributed by atoms with Crippen LogP contribution in [-0.2, 0) is 29.7 Å². The van der Waals surface area contributed by atoms with Crippen molar-refractivity contribution in [3.05, 3.63) is 23.8 Å². The third kappa shape index (κ3) is 5.91. The molecule has 0 aliphatic carbocycles. The SMILES string of the molecule is COCCCOC(=O)Cc1ccc(OC)c(S(=O)(=O)Cl)c1. The molecule has 0 aliphatic heterocycles. The highest BCUT2D eigenvalue weighted by Gasteiger charge is 2.18. The first-order chi connectivity index (χ1) is 9.88. The van der Waals surface area contributed by atoms with E-state index in [0.717, 1.165) is 0 Å². The zero-order valence-corrected chi connectivity index (χ0v) is 13.4. The molecule has 118 valence electrons. The Kier molecular flexibility index (Phi) is 6.94. The molecular formula is C13H17ClO6S. The van der Waals surface area contributed by atoms with E-state index in [1.807, 2.05) is 0 Å². The van der Waals surface area contributed by atoms with Gasteiger partial charge < -0.3 is 14.2 Å². The van der Waals surface area contributed by atoms with E-state index in [1.165, 1.54) is 19.2 Å². The molecule has 0 amide bonds. The monoisotopic (exact) mass is 336 g/mol. The second-order valence-electron chi connectivity index (χ2n) is 4.17. The summed E-state index contributed by atoms with van der Waals surface area (Å²) in [7, 11) is 4.28. The lowest BCUT2D eigenvalue weighted by molar-refractivity contribution is -0.143. The number of halogens is 1. The van der Waals surface area contributed by atoms with Crippen LogP contribution in [-0.4, -0.2) is 41.8 Å². The van der Waals surface area contributed by atoms with Gasteiger partial charge in [-0.3, -0.25) is 4.79 Å². The number of rotatable bonds is 8. The van der Waals surface area contributed by atoms with Crippen LogP contribution < -0.4 is 4.74 Å². The number of carbonyl (C=O) groups excluding carboxylic acids is 1. The second-order valence-corrected chi connectivity index (χ2v) is 6.70. The van der Waals surface area contributed by atoms with Gasteiger partial charge in [0.25, 0.3) is 9.05 Å². The summed E-state index contributed by atoms with van der Waals surface area (Å²) in [6, 6.07) is 4.33. The summed E-state index contributed by atoms with van der Waals surface area (Å²) >= 11 is 0. The summed E-state index contributed by atoms with van der Waals surface area (Å²) in [4.78, 5) is 11.4. The Balaban J connectivity index is 2.74. The van der Waals surface area contributed by atoms with Gasteiger partial charge >= 0.3 is 5.97 Å². The highest BCUT2D eigenvalue weighted by Crippen LogP contribution is 2.28. The summed E-state index contributed by atoms with van der Waals surface area (Å²) in [6.07, 6.45) is 0.558. The summed E-state index contributed by atoms with van der Waals surface area (Å²) in [5.41, 5.74) is 0.478. The lowest BCUT2D eigenvalue weighted by Gasteiger charge is -2.08. The minimum Gasteiger partial charge on any atom is -0.495 e. The van der Waals surface area contributed by atoms with Crippen LogP contribution in [0.1, 0.15) is 12.0 Å². The molecule has 0 radical (unpaired) electrons. The van der Waals surface area contributed by atoms with E-state index in [2.05, 4.69) is 0 Å². The molecule has 0 fully saturated rings. The zero-order valence-electron chi connectivity index (χ0n) is 11.8. The normalized spacial score (nSPS) is 11.2. The molecule has 21 heavy (non-hydrogen) atoms. The fourth-order valence-corrected chi connectivity index (χ4v) is 2.67. The third-order valence-corrected chi connectivity index (χ3v) is 3.94. The van der Waals surface area contributed by atoms with E-state index in [0.29, 0.717) is 18.6 Å². The molecule has 1 rings (SSSR count). The first kappa shape index (κ1) is 17.7. The largest absolute Gasteiger partial charge is 0.495 e. The van der Waals surface area contributed by atoms with Crippen LogP contribution in [0.3, 0.4) is 0 Å². The molecular weight excluding hydrogens is 320 g/mol. The predicted molar refractivity (Wildman–Crippen MR) is 77.2 cm³/mol. The van der Waals surface area contributed by atoms with Crippen molar-refractivity contribution in [3.63, 3.8) is 0 Å². The van der Waals surface area contributed by atoms with Crippen molar-refractivity contribution in [1.29, 1.82) is 0 Å². The molecule has 0 heterocycles. The van der Waals surface area contributed by atoms with Gasteiger partial charge in [-0.2, -0.15) is 0 Å². The van der Waals surface area contributed by atoms with Crippen LogP contribution in [0, 0.1) is 0 Å². The summed E-state index contributed by atoms with van der Waals surface area (Å²) < 4.78 is 37.7. The molecule has 8 heteroatoms. The molecule has 0 atom stereocenters. The van der Waals surface area contributed by atoms with Crippen LogP contribution in [0.25, 0.3) is 0 Å². The minimum absolute atomic E-state index is 0.0453.